The van der Waals surface area contributed by atoms with Gasteiger partial charge in [-0.1, -0.05) is 11.6 Å². The van der Waals surface area contributed by atoms with Gasteiger partial charge in [0.15, 0.2) is 5.69 Å². The van der Waals surface area contributed by atoms with Crippen molar-refractivity contribution < 1.29 is 22.3 Å². The van der Waals surface area contributed by atoms with Gasteiger partial charge in [0.25, 0.3) is 0 Å². The highest BCUT2D eigenvalue weighted by Crippen LogP contribution is 2.56. The van der Waals surface area contributed by atoms with Gasteiger partial charge in [0.1, 0.15) is 5.15 Å². The SMILES string of the molecule is O=P(Cl)(Cl)Oc1nc(Cl)cc(C(F)(F)F)n1. The van der Waals surface area contributed by atoms with E-state index in [-0.39, 0.29) is 0 Å². The highest BCUT2D eigenvalue weighted by atomic mass is 35.9. The van der Waals surface area contributed by atoms with Crippen LogP contribution >= 0.6 is 40.2 Å². The van der Waals surface area contributed by atoms with Crippen LogP contribution in [0.5, 0.6) is 6.01 Å². The second-order valence-electron chi connectivity index (χ2n) is 2.36. The zero-order chi connectivity index (χ0) is 12.6. The number of hydrogen-bond donors (Lipinski definition) is 0. The molecule has 0 atom stereocenters. The van der Waals surface area contributed by atoms with Crippen LogP contribution in [0, 0.1) is 0 Å². The van der Waals surface area contributed by atoms with E-state index >= 15 is 0 Å². The summed E-state index contributed by atoms with van der Waals surface area (Å²) < 4.78 is 51.7. The Labute approximate surface area is 102 Å². The largest absolute Gasteiger partial charge is 0.433 e. The van der Waals surface area contributed by atoms with Crippen LogP contribution in [0.2, 0.25) is 5.15 Å². The summed E-state index contributed by atoms with van der Waals surface area (Å²) in [6.45, 7) is 0. The van der Waals surface area contributed by atoms with E-state index in [4.69, 9.17) is 34.1 Å². The van der Waals surface area contributed by atoms with Crippen molar-refractivity contribution in [1.82, 2.24) is 9.97 Å². The first-order chi connectivity index (χ1) is 7.08. The number of nitrogens with zero attached hydrogens (tertiary/aromatic N) is 2. The topological polar surface area (TPSA) is 52.1 Å². The average Bonchev–Trinajstić information content (AvgIpc) is 1.97. The van der Waals surface area contributed by atoms with Gasteiger partial charge in [-0.05, 0) is 0 Å². The van der Waals surface area contributed by atoms with E-state index in [0.717, 1.165) is 0 Å². The van der Waals surface area contributed by atoms with Crippen LogP contribution in [0.4, 0.5) is 13.2 Å². The first-order valence-electron chi connectivity index (χ1n) is 3.39. The summed E-state index contributed by atoms with van der Waals surface area (Å²) in [5.74, 6) is 0. The lowest BCUT2D eigenvalue weighted by atomic mass is 10.4. The summed E-state index contributed by atoms with van der Waals surface area (Å²) in [7, 11) is 0. The molecule has 1 rings (SSSR count). The van der Waals surface area contributed by atoms with Crippen molar-refractivity contribution in [3.8, 4) is 6.01 Å². The Bertz CT molecular complexity index is 449. The summed E-state index contributed by atoms with van der Waals surface area (Å²) in [5.41, 5.74) is -1.36. The van der Waals surface area contributed by atoms with Crippen molar-refractivity contribution in [1.29, 1.82) is 0 Å². The van der Waals surface area contributed by atoms with Gasteiger partial charge in [0, 0.05) is 28.5 Å². The van der Waals surface area contributed by atoms with Crippen LogP contribution in [-0.2, 0) is 10.7 Å². The maximum atomic E-state index is 12.2. The van der Waals surface area contributed by atoms with Crippen LogP contribution in [0.25, 0.3) is 0 Å². The normalized spacial score (nSPS) is 12.6. The van der Waals surface area contributed by atoms with Crippen LogP contribution in [-0.4, -0.2) is 9.97 Å². The molecule has 0 aromatic carbocycles. The highest BCUT2D eigenvalue weighted by Gasteiger charge is 2.34. The molecule has 0 unspecified atom stereocenters. The lowest BCUT2D eigenvalue weighted by molar-refractivity contribution is -0.141. The summed E-state index contributed by atoms with van der Waals surface area (Å²) >= 11 is 15.2. The van der Waals surface area contributed by atoms with E-state index in [1.54, 1.807) is 0 Å². The molecule has 0 radical (unpaired) electrons. The molecular formula is C5HCl3F3N2O2P. The second-order valence-corrected chi connectivity index (χ2v) is 6.95. The van der Waals surface area contributed by atoms with E-state index < -0.39 is 29.1 Å². The number of rotatable bonds is 2. The Morgan fingerprint density at radius 3 is 2.31 bits per heavy atom. The molecule has 0 saturated carbocycles. The Kier molecular flexibility index (Phi) is 3.95. The molecule has 0 saturated heterocycles. The molecule has 0 aliphatic carbocycles. The molecule has 0 aliphatic rings. The van der Waals surface area contributed by atoms with E-state index in [0.29, 0.717) is 6.07 Å². The monoisotopic (exact) mass is 314 g/mol. The maximum Gasteiger partial charge on any atom is 0.433 e. The molecule has 0 bridgehead atoms. The van der Waals surface area contributed by atoms with Gasteiger partial charge >= 0.3 is 18.3 Å². The minimum Gasteiger partial charge on any atom is -0.387 e. The average molecular weight is 315 g/mol. The first-order valence-corrected chi connectivity index (χ1v) is 7.20. The van der Waals surface area contributed by atoms with E-state index in [1.165, 1.54) is 0 Å². The van der Waals surface area contributed by atoms with Crippen molar-refractivity contribution in [2.24, 2.45) is 0 Å². The molecule has 0 spiro atoms. The Balaban J connectivity index is 3.14. The lowest BCUT2D eigenvalue weighted by Crippen LogP contribution is -2.09. The lowest BCUT2D eigenvalue weighted by Gasteiger charge is -2.08. The maximum absolute atomic E-state index is 12.2. The van der Waals surface area contributed by atoms with Crippen molar-refractivity contribution in [3.05, 3.63) is 16.9 Å². The van der Waals surface area contributed by atoms with E-state index in [9.17, 15) is 17.7 Å². The molecule has 11 heteroatoms. The van der Waals surface area contributed by atoms with Crippen molar-refractivity contribution in [2.45, 2.75) is 6.18 Å². The third-order valence-electron chi connectivity index (χ3n) is 1.15. The summed E-state index contributed by atoms with van der Waals surface area (Å²) in [5, 5.41) is -0.542. The van der Waals surface area contributed by atoms with Crippen LogP contribution < -0.4 is 4.52 Å². The molecule has 1 heterocycles. The quantitative estimate of drug-likeness (QED) is 0.608. The summed E-state index contributed by atoms with van der Waals surface area (Å²) in [4.78, 5) is 6.13. The molecule has 0 fully saturated rings. The highest BCUT2D eigenvalue weighted by molar-refractivity contribution is 8.05. The number of aromatic nitrogens is 2. The molecule has 0 N–H and O–H groups in total. The Morgan fingerprint density at radius 2 is 1.88 bits per heavy atom. The number of halogens is 6. The zero-order valence-electron chi connectivity index (χ0n) is 7.00. The van der Waals surface area contributed by atoms with Crippen LogP contribution in [0.3, 0.4) is 0 Å². The molecule has 1 aromatic heterocycles. The molecule has 0 amide bonds. The molecular weight excluding hydrogens is 314 g/mol. The molecule has 90 valence electrons. The van der Waals surface area contributed by atoms with Crippen LogP contribution in [0.15, 0.2) is 6.07 Å². The fraction of sp³-hybridized carbons (Fsp3) is 0.200. The predicted molar refractivity (Wildman–Crippen MR) is 52.0 cm³/mol. The van der Waals surface area contributed by atoms with Crippen molar-refractivity contribution >= 4 is 40.2 Å². The first kappa shape index (κ1) is 13.8. The fourth-order valence-corrected chi connectivity index (χ4v) is 1.50. The van der Waals surface area contributed by atoms with Gasteiger partial charge in [-0.3, -0.25) is 0 Å². The Morgan fingerprint density at radius 1 is 1.31 bits per heavy atom. The predicted octanol–water partition coefficient (Wildman–Crippen LogP) is 4.11. The minimum absolute atomic E-state index is 0.474. The standard InChI is InChI=1S/C5HCl3F3N2O2P/c6-3-1-2(5(9,10)11)12-4(13-3)15-16(7,8)14/h1H. The summed E-state index contributed by atoms with van der Waals surface area (Å²) in [6, 6.07) is -0.435. The third kappa shape index (κ3) is 4.33. The molecule has 16 heavy (non-hydrogen) atoms. The number of alkyl halides is 3. The zero-order valence-corrected chi connectivity index (χ0v) is 10.2. The Hall–Kier alpha value is -0.230. The van der Waals surface area contributed by atoms with Gasteiger partial charge < -0.3 is 4.52 Å². The van der Waals surface area contributed by atoms with Gasteiger partial charge in [0.05, 0.1) is 0 Å². The van der Waals surface area contributed by atoms with Crippen LogP contribution in [0.1, 0.15) is 5.69 Å². The van der Waals surface area contributed by atoms with Gasteiger partial charge in [-0.25, -0.2) is 4.57 Å². The number of hydrogen-bond acceptors (Lipinski definition) is 4. The molecule has 0 aliphatic heterocycles. The third-order valence-corrected chi connectivity index (χ3v) is 2.14. The van der Waals surface area contributed by atoms with Crippen molar-refractivity contribution in [2.75, 3.05) is 0 Å². The van der Waals surface area contributed by atoms with Gasteiger partial charge in [-0.2, -0.15) is 23.1 Å². The van der Waals surface area contributed by atoms with Crippen molar-refractivity contribution in [3.63, 3.8) is 0 Å². The smallest absolute Gasteiger partial charge is 0.387 e. The molecule has 4 nitrogen and oxygen atoms in total. The van der Waals surface area contributed by atoms with E-state index in [2.05, 4.69) is 14.5 Å². The molecule has 1 aromatic rings. The minimum atomic E-state index is -4.74. The summed E-state index contributed by atoms with van der Waals surface area (Å²) in [6.07, 6.45) is -8.83. The fourth-order valence-electron chi connectivity index (χ4n) is 0.678. The van der Waals surface area contributed by atoms with Gasteiger partial charge in [-0.15, -0.1) is 0 Å². The second kappa shape index (κ2) is 4.56. The van der Waals surface area contributed by atoms with Gasteiger partial charge in [0.2, 0.25) is 0 Å². The van der Waals surface area contributed by atoms with E-state index in [1.807, 2.05) is 0 Å².